The first-order valence-electron chi connectivity index (χ1n) is 11.5. The molecule has 3 rings (SSSR count). The summed E-state index contributed by atoms with van der Waals surface area (Å²) >= 11 is 0. The first kappa shape index (κ1) is 23.1. The number of hydrogen-bond acceptors (Lipinski definition) is 7. The zero-order chi connectivity index (χ0) is 21.9. The Morgan fingerprint density at radius 1 is 1.23 bits per heavy atom. The fourth-order valence-corrected chi connectivity index (χ4v) is 5.40. The van der Waals surface area contributed by atoms with Crippen molar-refractivity contribution in [3.05, 3.63) is 11.3 Å². The Kier molecular flexibility index (Phi) is 7.45. The van der Waals surface area contributed by atoms with Crippen molar-refractivity contribution < 1.29 is 19.1 Å². The number of methoxy groups -OCH3 is 1. The maximum Gasteiger partial charge on any atom is 0.329 e. The highest BCUT2D eigenvalue weighted by molar-refractivity contribution is 5.77. The maximum absolute atomic E-state index is 13.2. The van der Waals surface area contributed by atoms with Gasteiger partial charge in [0, 0.05) is 31.1 Å². The van der Waals surface area contributed by atoms with E-state index >= 15 is 0 Å². The van der Waals surface area contributed by atoms with Crippen LogP contribution in [0.4, 0.5) is 0 Å². The monoisotopic (exact) mass is 421 g/mol. The third kappa shape index (κ3) is 4.83. The fourth-order valence-electron chi connectivity index (χ4n) is 5.40. The van der Waals surface area contributed by atoms with Gasteiger partial charge in [-0.2, -0.15) is 0 Å². The van der Waals surface area contributed by atoms with Crippen molar-refractivity contribution in [1.29, 1.82) is 0 Å². The molecule has 0 aromatic heterocycles. The van der Waals surface area contributed by atoms with E-state index in [4.69, 9.17) is 9.47 Å². The van der Waals surface area contributed by atoms with E-state index in [-0.39, 0.29) is 35.5 Å². The van der Waals surface area contributed by atoms with Crippen LogP contribution in [0.5, 0.6) is 0 Å². The van der Waals surface area contributed by atoms with E-state index < -0.39 is 0 Å². The molecule has 7 nitrogen and oxygen atoms in total. The Morgan fingerprint density at radius 3 is 2.67 bits per heavy atom. The molecule has 4 atom stereocenters. The number of piperidine rings is 2. The van der Waals surface area contributed by atoms with Gasteiger partial charge in [-0.1, -0.05) is 20.8 Å². The molecule has 170 valence electrons. The average molecular weight is 422 g/mol. The molecule has 7 heteroatoms. The second-order valence-corrected chi connectivity index (χ2v) is 9.78. The molecule has 4 unspecified atom stereocenters. The van der Waals surface area contributed by atoms with Gasteiger partial charge in [-0.15, -0.1) is 0 Å². The summed E-state index contributed by atoms with van der Waals surface area (Å²) in [5.74, 6) is 0.216. The summed E-state index contributed by atoms with van der Waals surface area (Å²) in [7, 11) is 1.42. The Bertz CT molecular complexity index is 670. The molecule has 0 spiro atoms. The zero-order valence-corrected chi connectivity index (χ0v) is 19.3. The lowest BCUT2D eigenvalue weighted by Gasteiger charge is -2.54. The topological polar surface area (TPSA) is 79.9 Å². The van der Waals surface area contributed by atoms with Crippen LogP contribution in [0.25, 0.3) is 0 Å². The van der Waals surface area contributed by atoms with Gasteiger partial charge in [0.25, 0.3) is 0 Å². The maximum atomic E-state index is 13.2. The van der Waals surface area contributed by atoms with Crippen LogP contribution >= 0.6 is 0 Å². The number of rotatable bonds is 6. The second kappa shape index (κ2) is 9.69. The van der Waals surface area contributed by atoms with Gasteiger partial charge in [-0.3, -0.25) is 15.4 Å². The quantitative estimate of drug-likeness (QED) is 0.638. The molecular weight excluding hydrogens is 382 g/mol. The third-order valence-electron chi connectivity index (χ3n) is 6.82. The number of hydrogen-bond donors (Lipinski definition) is 2. The molecule has 0 aromatic carbocycles. The van der Waals surface area contributed by atoms with Crippen molar-refractivity contribution in [3.63, 3.8) is 0 Å². The summed E-state index contributed by atoms with van der Waals surface area (Å²) in [4.78, 5) is 27.3. The van der Waals surface area contributed by atoms with E-state index in [1.165, 1.54) is 18.4 Å². The smallest absolute Gasteiger partial charge is 0.329 e. The highest BCUT2D eigenvalue weighted by Crippen LogP contribution is 2.47. The van der Waals surface area contributed by atoms with Crippen molar-refractivity contribution in [2.45, 2.75) is 72.0 Å². The van der Waals surface area contributed by atoms with E-state index in [2.05, 4.69) is 36.3 Å². The molecule has 0 aromatic rings. The molecule has 0 amide bonds. The van der Waals surface area contributed by atoms with E-state index in [9.17, 15) is 9.59 Å². The molecule has 0 aliphatic carbocycles. The minimum Gasteiger partial charge on any atom is -0.469 e. The average Bonchev–Trinajstić information content (AvgIpc) is 2.72. The van der Waals surface area contributed by atoms with Crippen LogP contribution in [0.15, 0.2) is 11.3 Å². The highest BCUT2D eigenvalue weighted by atomic mass is 16.5. The van der Waals surface area contributed by atoms with Crippen LogP contribution in [0.3, 0.4) is 0 Å². The highest BCUT2D eigenvalue weighted by Gasteiger charge is 2.50. The number of nitrogens with one attached hydrogen (secondary N) is 2. The normalized spacial score (nSPS) is 29.2. The van der Waals surface area contributed by atoms with Gasteiger partial charge in [-0.25, -0.2) is 4.79 Å². The molecule has 3 aliphatic rings. The van der Waals surface area contributed by atoms with Crippen LogP contribution in [-0.2, 0) is 19.1 Å². The first-order valence-corrected chi connectivity index (χ1v) is 11.5. The number of nitrogens with zero attached hydrogens (tertiary/aromatic N) is 1. The summed E-state index contributed by atoms with van der Waals surface area (Å²) in [6.07, 6.45) is 4.32. The number of fused-ring (bicyclic) bond motifs is 2. The molecule has 3 aliphatic heterocycles. The minimum atomic E-state index is -0.318. The molecule has 2 saturated heterocycles. The van der Waals surface area contributed by atoms with E-state index in [0.29, 0.717) is 31.9 Å². The van der Waals surface area contributed by atoms with Crippen LogP contribution in [0.2, 0.25) is 0 Å². The number of carbonyl (C=O) groups is 2. The molecule has 30 heavy (non-hydrogen) atoms. The lowest BCUT2D eigenvalue weighted by Crippen LogP contribution is -2.61. The standard InChI is InChI=1S/C23H39N3O4/c1-6-30-22(28)20-17(23(2,3)4)13-15-14-25-21-16(9-7-11-24-21)19(15)26(20)12-8-10-18(27)29-5/h15,17,20-21,24-25H,6-14H2,1-5H3. The van der Waals surface area contributed by atoms with Crippen molar-refractivity contribution in [2.75, 3.05) is 33.4 Å². The van der Waals surface area contributed by atoms with Crippen molar-refractivity contribution >= 4 is 11.9 Å². The lowest BCUT2D eigenvalue weighted by atomic mass is 9.66. The summed E-state index contributed by atoms with van der Waals surface area (Å²) in [6, 6.07) is -0.318. The summed E-state index contributed by atoms with van der Waals surface area (Å²) in [5.41, 5.74) is 2.67. The molecule has 2 fully saturated rings. The van der Waals surface area contributed by atoms with Crippen LogP contribution in [-0.4, -0.2) is 62.4 Å². The van der Waals surface area contributed by atoms with Gasteiger partial charge in [0.2, 0.25) is 0 Å². The van der Waals surface area contributed by atoms with Crippen LogP contribution in [0.1, 0.15) is 59.8 Å². The van der Waals surface area contributed by atoms with Crippen molar-refractivity contribution in [1.82, 2.24) is 15.5 Å². The Balaban J connectivity index is 2.00. The molecule has 0 bridgehead atoms. The fraction of sp³-hybridized carbons (Fsp3) is 0.826. The van der Waals surface area contributed by atoms with Gasteiger partial charge < -0.3 is 14.4 Å². The van der Waals surface area contributed by atoms with Crippen molar-refractivity contribution in [2.24, 2.45) is 17.3 Å². The van der Waals surface area contributed by atoms with E-state index in [1.807, 2.05) is 6.92 Å². The minimum absolute atomic E-state index is 0.0319. The largest absolute Gasteiger partial charge is 0.469 e. The van der Waals surface area contributed by atoms with E-state index in [1.54, 1.807) is 0 Å². The molecular formula is C23H39N3O4. The Labute approximate surface area is 180 Å². The van der Waals surface area contributed by atoms with Gasteiger partial charge in [0.1, 0.15) is 6.04 Å². The van der Waals surface area contributed by atoms with Crippen molar-refractivity contribution in [3.8, 4) is 0 Å². The SMILES string of the molecule is CCOC(=O)C1C(C(C)(C)C)CC2CNC3NCCCC3=C2N1CCCC(=O)OC. The lowest BCUT2D eigenvalue weighted by molar-refractivity contribution is -0.155. The number of carbonyl (C=O) groups excluding carboxylic acids is 2. The van der Waals surface area contributed by atoms with Crippen LogP contribution < -0.4 is 10.6 Å². The zero-order valence-electron chi connectivity index (χ0n) is 19.3. The summed E-state index contributed by atoms with van der Waals surface area (Å²) in [5, 5.41) is 7.26. The van der Waals surface area contributed by atoms with Gasteiger partial charge in [0.05, 0.1) is 19.9 Å². The Hall–Kier alpha value is -1.60. The second-order valence-electron chi connectivity index (χ2n) is 9.78. The molecule has 0 saturated carbocycles. The molecule has 3 heterocycles. The Morgan fingerprint density at radius 2 is 2.00 bits per heavy atom. The summed E-state index contributed by atoms with van der Waals surface area (Å²) < 4.78 is 10.4. The number of esters is 2. The predicted molar refractivity (Wildman–Crippen MR) is 115 cm³/mol. The van der Waals surface area contributed by atoms with E-state index in [0.717, 1.165) is 32.4 Å². The first-order chi connectivity index (χ1) is 14.3. The van der Waals surface area contributed by atoms with Crippen LogP contribution in [0, 0.1) is 17.3 Å². The number of ether oxygens (including phenoxy) is 2. The van der Waals surface area contributed by atoms with Gasteiger partial charge >= 0.3 is 11.9 Å². The third-order valence-corrected chi connectivity index (χ3v) is 6.82. The summed E-state index contributed by atoms with van der Waals surface area (Å²) in [6.45, 7) is 11.5. The number of likely N-dealkylation sites (tertiary alicyclic amines) is 1. The van der Waals surface area contributed by atoms with Gasteiger partial charge in [-0.05, 0) is 56.1 Å². The van der Waals surface area contributed by atoms with Gasteiger partial charge in [0.15, 0.2) is 0 Å². The molecule has 2 N–H and O–H groups in total. The molecule has 0 radical (unpaired) electrons. The predicted octanol–water partition coefficient (Wildman–Crippen LogP) is 2.42.